The van der Waals surface area contributed by atoms with Crippen LogP contribution in [0.3, 0.4) is 0 Å². The van der Waals surface area contributed by atoms with Crippen LogP contribution < -0.4 is 15.4 Å². The van der Waals surface area contributed by atoms with Crippen molar-refractivity contribution < 1.29 is 31.9 Å². The fourth-order valence-electron chi connectivity index (χ4n) is 4.64. The molecule has 2 aromatic heterocycles. The fraction of sp³-hybridized carbons (Fsp3) is 0.286. The Balaban J connectivity index is 1.28. The van der Waals surface area contributed by atoms with E-state index in [-0.39, 0.29) is 29.4 Å². The number of carbonyl (C=O) groups is 2. The van der Waals surface area contributed by atoms with Gasteiger partial charge in [-0.1, -0.05) is 0 Å². The number of likely N-dealkylation sites (tertiary alicyclic amines) is 1. The Morgan fingerprint density at radius 1 is 1.02 bits per heavy atom. The maximum absolute atomic E-state index is 14.3. The van der Waals surface area contributed by atoms with Gasteiger partial charge in [0.05, 0.1) is 22.3 Å². The first-order valence-electron chi connectivity index (χ1n) is 12.8. The number of carbonyl (C=O) groups excluding carboxylic acids is 2. The van der Waals surface area contributed by atoms with Crippen LogP contribution in [0.1, 0.15) is 25.3 Å². The van der Waals surface area contributed by atoms with Crippen LogP contribution in [0.5, 0.6) is 11.5 Å². The molecule has 0 spiro atoms. The zero-order valence-corrected chi connectivity index (χ0v) is 22.1. The van der Waals surface area contributed by atoms with Gasteiger partial charge in [-0.05, 0) is 49.2 Å². The first kappa shape index (κ1) is 27.9. The Labute approximate surface area is 232 Å². The van der Waals surface area contributed by atoms with Crippen molar-refractivity contribution in [3.05, 3.63) is 66.1 Å². The van der Waals surface area contributed by atoms with E-state index in [9.17, 15) is 27.2 Å². The highest BCUT2D eigenvalue weighted by Gasteiger charge is 2.31. The normalized spacial score (nSPS) is 14.2. The zero-order chi connectivity index (χ0) is 29.3. The molecule has 0 radical (unpaired) electrons. The zero-order valence-electron chi connectivity index (χ0n) is 22.1. The summed E-state index contributed by atoms with van der Waals surface area (Å²) >= 11 is 0. The van der Waals surface area contributed by atoms with E-state index >= 15 is 0 Å². The standard InChI is InChI=1S/C28H26F4N6O3/c1-16(39)38-11-8-17(9-12-38)26(40)36-25-15-20(7-10-33-25)41-19-4-6-24-23(14-19)35-27(37(24)2)34-22-13-18(28(30,31)32)3-5-21(22)29/h3-7,10,13-15,17H,8-9,11-12H2,1-2H3,(H,34,35)(H,33,36,40). The number of pyridine rings is 1. The van der Waals surface area contributed by atoms with Crippen molar-refractivity contribution in [1.82, 2.24) is 19.4 Å². The third-order valence-corrected chi connectivity index (χ3v) is 6.92. The van der Waals surface area contributed by atoms with Gasteiger partial charge in [-0.3, -0.25) is 9.59 Å². The number of benzene rings is 2. The van der Waals surface area contributed by atoms with Crippen molar-refractivity contribution in [3.63, 3.8) is 0 Å². The van der Waals surface area contributed by atoms with Crippen LogP contribution in [0.25, 0.3) is 11.0 Å². The molecule has 1 aliphatic rings. The van der Waals surface area contributed by atoms with Crippen molar-refractivity contribution >= 4 is 40.3 Å². The number of anilines is 3. The van der Waals surface area contributed by atoms with E-state index in [4.69, 9.17) is 4.74 Å². The number of rotatable bonds is 6. The second-order valence-electron chi connectivity index (χ2n) is 9.71. The topological polar surface area (TPSA) is 101 Å². The molecule has 1 aliphatic heterocycles. The summed E-state index contributed by atoms with van der Waals surface area (Å²) in [6.07, 6.45) is -1.98. The van der Waals surface area contributed by atoms with E-state index in [1.807, 2.05) is 0 Å². The second kappa shape index (κ2) is 11.1. The van der Waals surface area contributed by atoms with E-state index in [1.165, 1.54) is 13.1 Å². The van der Waals surface area contributed by atoms with Gasteiger partial charge >= 0.3 is 6.18 Å². The van der Waals surface area contributed by atoms with Crippen LogP contribution >= 0.6 is 0 Å². The van der Waals surface area contributed by atoms with Crippen molar-refractivity contribution in [1.29, 1.82) is 0 Å². The Morgan fingerprint density at radius 2 is 1.76 bits per heavy atom. The third kappa shape index (κ3) is 6.23. The molecule has 0 atom stereocenters. The minimum absolute atomic E-state index is 0.00336. The minimum Gasteiger partial charge on any atom is -0.457 e. The lowest BCUT2D eigenvalue weighted by Crippen LogP contribution is -2.40. The summed E-state index contributed by atoms with van der Waals surface area (Å²) in [6.45, 7) is 2.58. The molecule has 2 aromatic carbocycles. The van der Waals surface area contributed by atoms with E-state index in [0.29, 0.717) is 66.4 Å². The molecular formula is C28H26F4N6O3. The lowest BCUT2D eigenvalue weighted by Gasteiger charge is -2.30. The minimum atomic E-state index is -4.62. The molecule has 0 saturated carbocycles. The number of nitrogens with zero attached hydrogens (tertiary/aromatic N) is 4. The quantitative estimate of drug-likeness (QED) is 0.282. The smallest absolute Gasteiger partial charge is 0.416 e. The summed E-state index contributed by atoms with van der Waals surface area (Å²) in [7, 11) is 1.64. The number of piperidine rings is 1. The van der Waals surface area contributed by atoms with Crippen LogP contribution in [0.2, 0.25) is 0 Å². The van der Waals surface area contributed by atoms with Crippen molar-refractivity contribution in [2.45, 2.75) is 25.9 Å². The number of aryl methyl sites for hydroxylation is 1. The molecule has 1 fully saturated rings. The highest BCUT2D eigenvalue weighted by molar-refractivity contribution is 5.92. The number of imidazole rings is 1. The second-order valence-corrected chi connectivity index (χ2v) is 9.71. The lowest BCUT2D eigenvalue weighted by molar-refractivity contribution is -0.137. The number of halogens is 4. The molecule has 2 amide bonds. The Bertz CT molecular complexity index is 1610. The Hall–Kier alpha value is -4.68. The molecule has 13 heteroatoms. The number of alkyl halides is 3. The molecular weight excluding hydrogens is 544 g/mol. The van der Waals surface area contributed by atoms with Crippen molar-refractivity contribution in [3.8, 4) is 11.5 Å². The molecule has 0 aliphatic carbocycles. The van der Waals surface area contributed by atoms with Crippen LogP contribution in [0, 0.1) is 11.7 Å². The van der Waals surface area contributed by atoms with Crippen LogP contribution in [0.4, 0.5) is 35.0 Å². The van der Waals surface area contributed by atoms with Gasteiger partial charge in [-0.25, -0.2) is 14.4 Å². The van der Waals surface area contributed by atoms with Gasteiger partial charge in [0.25, 0.3) is 0 Å². The van der Waals surface area contributed by atoms with E-state index in [1.54, 1.807) is 46.8 Å². The predicted molar refractivity (Wildman–Crippen MR) is 143 cm³/mol. The van der Waals surface area contributed by atoms with E-state index in [0.717, 1.165) is 6.07 Å². The summed E-state index contributed by atoms with van der Waals surface area (Å²) in [5.41, 5.74) is -0.252. The molecule has 1 saturated heterocycles. The number of hydrogen-bond donors (Lipinski definition) is 2. The number of nitrogens with one attached hydrogen (secondary N) is 2. The summed E-state index contributed by atoms with van der Waals surface area (Å²) < 4.78 is 61.1. The first-order valence-corrected chi connectivity index (χ1v) is 12.8. The highest BCUT2D eigenvalue weighted by atomic mass is 19.4. The van der Waals surface area contributed by atoms with E-state index < -0.39 is 17.6 Å². The van der Waals surface area contributed by atoms with Crippen molar-refractivity contribution in [2.24, 2.45) is 13.0 Å². The summed E-state index contributed by atoms with van der Waals surface area (Å²) in [4.78, 5) is 34.5. The van der Waals surface area contributed by atoms with Crippen LogP contribution in [-0.4, -0.2) is 44.3 Å². The molecule has 0 unspecified atom stereocenters. The lowest BCUT2D eigenvalue weighted by atomic mass is 9.96. The summed E-state index contributed by atoms with van der Waals surface area (Å²) in [5, 5.41) is 5.45. The number of fused-ring (bicyclic) bond motifs is 1. The van der Waals surface area contributed by atoms with Crippen molar-refractivity contribution in [2.75, 3.05) is 23.7 Å². The van der Waals surface area contributed by atoms with Gasteiger partial charge in [0.15, 0.2) is 0 Å². The van der Waals surface area contributed by atoms with Gasteiger partial charge in [0.2, 0.25) is 17.8 Å². The molecule has 0 bridgehead atoms. The average Bonchev–Trinajstić information content (AvgIpc) is 3.23. The third-order valence-electron chi connectivity index (χ3n) is 6.92. The maximum atomic E-state index is 14.3. The molecule has 2 N–H and O–H groups in total. The average molecular weight is 571 g/mol. The Kier molecular flexibility index (Phi) is 7.52. The largest absolute Gasteiger partial charge is 0.457 e. The number of ether oxygens (including phenoxy) is 1. The first-order chi connectivity index (χ1) is 19.5. The molecule has 41 heavy (non-hydrogen) atoms. The number of aromatic nitrogens is 3. The summed E-state index contributed by atoms with van der Waals surface area (Å²) in [5.74, 6) is 0.00979. The molecule has 4 aromatic rings. The SMILES string of the molecule is CC(=O)N1CCC(C(=O)Nc2cc(Oc3ccc4c(c3)nc(Nc3cc(C(F)(F)F)ccc3F)n4C)ccn2)CC1. The monoisotopic (exact) mass is 570 g/mol. The molecule has 9 nitrogen and oxygen atoms in total. The predicted octanol–water partition coefficient (Wildman–Crippen LogP) is 5.86. The fourth-order valence-corrected chi connectivity index (χ4v) is 4.64. The van der Waals surface area contributed by atoms with Gasteiger partial charge in [-0.2, -0.15) is 13.2 Å². The van der Waals surface area contributed by atoms with Gasteiger partial charge < -0.3 is 24.8 Å². The molecule has 214 valence electrons. The maximum Gasteiger partial charge on any atom is 0.416 e. The van der Waals surface area contributed by atoms with Gasteiger partial charge in [-0.15, -0.1) is 0 Å². The van der Waals surface area contributed by atoms with Gasteiger partial charge in [0.1, 0.15) is 23.1 Å². The van der Waals surface area contributed by atoms with Crippen LogP contribution in [0.15, 0.2) is 54.7 Å². The number of hydrogen-bond acceptors (Lipinski definition) is 6. The molecule has 5 rings (SSSR count). The highest BCUT2D eigenvalue weighted by Crippen LogP contribution is 2.34. The van der Waals surface area contributed by atoms with Gasteiger partial charge in [0, 0.05) is 51.3 Å². The van der Waals surface area contributed by atoms with Crippen LogP contribution in [-0.2, 0) is 22.8 Å². The Morgan fingerprint density at radius 3 is 2.46 bits per heavy atom. The number of amides is 2. The molecule has 3 heterocycles. The van der Waals surface area contributed by atoms with E-state index in [2.05, 4.69) is 20.6 Å². The summed E-state index contributed by atoms with van der Waals surface area (Å²) in [6, 6.07) is 10.3.